The van der Waals surface area contributed by atoms with Crippen LogP contribution in [0, 0.1) is 0 Å². The summed E-state index contributed by atoms with van der Waals surface area (Å²) in [4.78, 5) is 12.0. The summed E-state index contributed by atoms with van der Waals surface area (Å²) in [7, 11) is -3.36. The van der Waals surface area contributed by atoms with Crippen molar-refractivity contribution in [3.8, 4) is 0 Å². The topological polar surface area (TPSA) is 75.3 Å². The minimum absolute atomic E-state index is 0.0338. The molecule has 0 atom stereocenters. The third kappa shape index (κ3) is 5.47. The molecule has 1 amide bonds. The van der Waals surface area contributed by atoms with Gasteiger partial charge >= 0.3 is 0 Å². The van der Waals surface area contributed by atoms with Crippen LogP contribution in [-0.2, 0) is 27.7 Å². The average molecular weight is 312 g/mol. The van der Waals surface area contributed by atoms with Crippen LogP contribution in [0.15, 0.2) is 18.2 Å². The lowest BCUT2D eigenvalue weighted by Crippen LogP contribution is -2.34. The molecular formula is C15H24N2O3S. The Morgan fingerprint density at radius 1 is 1.10 bits per heavy atom. The van der Waals surface area contributed by atoms with E-state index in [1.165, 1.54) is 0 Å². The van der Waals surface area contributed by atoms with Gasteiger partial charge in [-0.15, -0.1) is 0 Å². The molecule has 0 aliphatic heterocycles. The van der Waals surface area contributed by atoms with Crippen LogP contribution in [0.3, 0.4) is 0 Å². The highest BCUT2D eigenvalue weighted by atomic mass is 32.2. The fourth-order valence-electron chi connectivity index (χ4n) is 2.10. The van der Waals surface area contributed by atoms with Crippen molar-refractivity contribution in [1.82, 2.24) is 4.72 Å². The predicted octanol–water partition coefficient (Wildman–Crippen LogP) is 2.08. The molecule has 0 bridgehead atoms. The van der Waals surface area contributed by atoms with Crippen molar-refractivity contribution < 1.29 is 13.2 Å². The summed E-state index contributed by atoms with van der Waals surface area (Å²) in [5.74, 6) is -0.309. The normalized spacial score (nSPS) is 11.4. The maximum absolute atomic E-state index is 12.0. The van der Waals surface area contributed by atoms with Gasteiger partial charge in [-0.05, 0) is 30.4 Å². The lowest BCUT2D eigenvalue weighted by molar-refractivity contribution is -0.115. The number of aryl methyl sites for hydroxylation is 2. The Morgan fingerprint density at radius 3 is 2.14 bits per heavy atom. The standard InChI is InChI=1S/C15H24N2O3S/c1-4-10-21(19,20)16-11-14(18)17-15-12(5-2)8-7-9-13(15)6-3/h7-9,16H,4-6,10-11H2,1-3H3,(H,17,18). The van der Waals surface area contributed by atoms with Gasteiger partial charge in [0.25, 0.3) is 0 Å². The van der Waals surface area contributed by atoms with Gasteiger partial charge in [0.15, 0.2) is 0 Å². The molecule has 118 valence electrons. The summed E-state index contributed by atoms with van der Waals surface area (Å²) >= 11 is 0. The number of para-hydroxylation sites is 1. The first kappa shape index (κ1) is 17.7. The zero-order valence-corrected chi connectivity index (χ0v) is 13.7. The highest BCUT2D eigenvalue weighted by Gasteiger charge is 2.13. The molecule has 0 unspecified atom stereocenters. The van der Waals surface area contributed by atoms with Crippen molar-refractivity contribution >= 4 is 21.6 Å². The molecule has 21 heavy (non-hydrogen) atoms. The fraction of sp³-hybridized carbons (Fsp3) is 0.533. The third-order valence-electron chi connectivity index (χ3n) is 3.19. The monoisotopic (exact) mass is 312 g/mol. The fourth-order valence-corrected chi connectivity index (χ4v) is 3.14. The van der Waals surface area contributed by atoms with E-state index in [1.807, 2.05) is 32.0 Å². The molecule has 0 heterocycles. The smallest absolute Gasteiger partial charge is 0.239 e. The lowest BCUT2D eigenvalue weighted by atomic mass is 10.0. The number of hydrogen-bond acceptors (Lipinski definition) is 3. The molecule has 0 saturated heterocycles. The third-order valence-corrected chi connectivity index (χ3v) is 4.72. The molecule has 0 aliphatic rings. The van der Waals surface area contributed by atoms with Crippen LogP contribution in [0.4, 0.5) is 5.69 Å². The molecule has 0 fully saturated rings. The number of benzene rings is 1. The Hall–Kier alpha value is -1.40. The Labute approximate surface area is 127 Å². The SMILES string of the molecule is CCCS(=O)(=O)NCC(=O)Nc1c(CC)cccc1CC. The van der Waals surface area contributed by atoms with Gasteiger partial charge in [-0.25, -0.2) is 13.1 Å². The van der Waals surface area contributed by atoms with E-state index in [4.69, 9.17) is 0 Å². The summed E-state index contributed by atoms with van der Waals surface area (Å²) in [6, 6.07) is 5.91. The van der Waals surface area contributed by atoms with E-state index in [1.54, 1.807) is 6.92 Å². The number of carbonyl (C=O) groups excluding carboxylic acids is 1. The van der Waals surface area contributed by atoms with E-state index in [0.717, 1.165) is 29.7 Å². The van der Waals surface area contributed by atoms with Crippen LogP contribution in [0.1, 0.15) is 38.3 Å². The second-order valence-electron chi connectivity index (χ2n) is 4.85. The summed E-state index contributed by atoms with van der Waals surface area (Å²) in [6.07, 6.45) is 2.14. The molecule has 0 spiro atoms. The molecular weight excluding hydrogens is 288 g/mol. The summed E-state index contributed by atoms with van der Waals surface area (Å²) < 4.78 is 25.4. The Bertz CT molecular complexity index is 560. The van der Waals surface area contributed by atoms with Gasteiger partial charge in [-0.3, -0.25) is 4.79 Å². The molecule has 6 heteroatoms. The number of nitrogens with one attached hydrogen (secondary N) is 2. The van der Waals surface area contributed by atoms with Gasteiger partial charge in [0.1, 0.15) is 0 Å². The summed E-state index contributed by atoms with van der Waals surface area (Å²) in [6.45, 7) is 5.59. The van der Waals surface area contributed by atoms with E-state index in [0.29, 0.717) is 6.42 Å². The molecule has 0 aromatic heterocycles. The number of amides is 1. The first-order valence-electron chi connectivity index (χ1n) is 7.31. The minimum atomic E-state index is -3.36. The first-order valence-corrected chi connectivity index (χ1v) is 8.96. The van der Waals surface area contributed by atoms with Crippen molar-refractivity contribution in [1.29, 1.82) is 0 Å². The van der Waals surface area contributed by atoms with Crippen LogP contribution in [0.5, 0.6) is 0 Å². The zero-order valence-electron chi connectivity index (χ0n) is 12.9. The summed E-state index contributed by atoms with van der Waals surface area (Å²) in [5.41, 5.74) is 2.92. The number of hydrogen-bond donors (Lipinski definition) is 2. The van der Waals surface area contributed by atoms with Crippen molar-refractivity contribution in [2.45, 2.75) is 40.0 Å². The van der Waals surface area contributed by atoms with Crippen LogP contribution in [0.25, 0.3) is 0 Å². The van der Waals surface area contributed by atoms with E-state index < -0.39 is 10.0 Å². The van der Waals surface area contributed by atoms with Crippen molar-refractivity contribution in [2.24, 2.45) is 0 Å². The Kier molecular flexibility index (Phi) is 6.84. The van der Waals surface area contributed by atoms with Crippen LogP contribution in [-0.4, -0.2) is 26.6 Å². The van der Waals surface area contributed by atoms with Gasteiger partial charge in [0.05, 0.1) is 12.3 Å². The number of carbonyl (C=O) groups is 1. The predicted molar refractivity (Wildman–Crippen MR) is 85.9 cm³/mol. The number of anilines is 1. The van der Waals surface area contributed by atoms with Crippen LogP contribution in [0.2, 0.25) is 0 Å². The zero-order chi connectivity index (χ0) is 15.9. The highest BCUT2D eigenvalue weighted by Crippen LogP contribution is 2.22. The highest BCUT2D eigenvalue weighted by molar-refractivity contribution is 7.89. The van der Waals surface area contributed by atoms with Gasteiger partial charge in [-0.1, -0.05) is 39.0 Å². The molecule has 5 nitrogen and oxygen atoms in total. The second kappa shape index (κ2) is 8.14. The molecule has 0 radical (unpaired) electrons. The van der Waals surface area contributed by atoms with Gasteiger partial charge < -0.3 is 5.32 Å². The van der Waals surface area contributed by atoms with Crippen LogP contribution >= 0.6 is 0 Å². The molecule has 0 saturated carbocycles. The summed E-state index contributed by atoms with van der Waals surface area (Å²) in [5, 5.41) is 2.83. The largest absolute Gasteiger partial charge is 0.324 e. The van der Waals surface area contributed by atoms with Gasteiger partial charge in [0.2, 0.25) is 15.9 Å². The maximum Gasteiger partial charge on any atom is 0.239 e. The van der Waals surface area contributed by atoms with E-state index >= 15 is 0 Å². The number of sulfonamides is 1. The Morgan fingerprint density at radius 2 is 1.67 bits per heavy atom. The first-order chi connectivity index (χ1) is 9.93. The molecule has 1 aromatic rings. The Balaban J connectivity index is 2.75. The van der Waals surface area contributed by atoms with Gasteiger partial charge in [-0.2, -0.15) is 0 Å². The van der Waals surface area contributed by atoms with Gasteiger partial charge in [0, 0.05) is 5.69 Å². The van der Waals surface area contributed by atoms with Crippen molar-refractivity contribution in [2.75, 3.05) is 17.6 Å². The minimum Gasteiger partial charge on any atom is -0.324 e. The maximum atomic E-state index is 12.0. The molecule has 1 rings (SSSR count). The number of rotatable bonds is 8. The van der Waals surface area contributed by atoms with E-state index in [9.17, 15) is 13.2 Å². The van der Waals surface area contributed by atoms with Crippen molar-refractivity contribution in [3.63, 3.8) is 0 Å². The molecule has 0 aliphatic carbocycles. The van der Waals surface area contributed by atoms with Crippen molar-refractivity contribution in [3.05, 3.63) is 29.3 Å². The van der Waals surface area contributed by atoms with Crippen LogP contribution < -0.4 is 10.0 Å². The quantitative estimate of drug-likeness (QED) is 0.771. The molecule has 1 aromatic carbocycles. The lowest BCUT2D eigenvalue weighted by Gasteiger charge is -2.14. The average Bonchev–Trinajstić information content (AvgIpc) is 2.45. The molecule has 2 N–H and O–H groups in total. The van der Waals surface area contributed by atoms with E-state index in [-0.39, 0.29) is 18.2 Å². The second-order valence-corrected chi connectivity index (χ2v) is 6.77. The van der Waals surface area contributed by atoms with E-state index in [2.05, 4.69) is 10.0 Å².